The van der Waals surface area contributed by atoms with Gasteiger partial charge < -0.3 is 14.5 Å². The molecule has 1 fully saturated rings. The fraction of sp³-hybridized carbons (Fsp3) is 0.600. The van der Waals surface area contributed by atoms with E-state index < -0.39 is 0 Å². The second kappa shape index (κ2) is 11.1. The van der Waals surface area contributed by atoms with Crippen molar-refractivity contribution in [2.24, 2.45) is 5.92 Å². The summed E-state index contributed by atoms with van der Waals surface area (Å²) in [5, 5.41) is 13.7. The first-order chi connectivity index (χ1) is 16.5. The van der Waals surface area contributed by atoms with Crippen molar-refractivity contribution in [3.63, 3.8) is 0 Å². The molecule has 0 aliphatic heterocycles. The third kappa shape index (κ3) is 5.31. The van der Waals surface area contributed by atoms with Gasteiger partial charge in [-0.2, -0.15) is 0 Å². The zero-order chi connectivity index (χ0) is 24.1. The van der Waals surface area contributed by atoms with Gasteiger partial charge in [0.05, 0.1) is 31.8 Å². The van der Waals surface area contributed by atoms with E-state index in [-0.39, 0.29) is 17.5 Å². The van der Waals surface area contributed by atoms with E-state index in [1.807, 2.05) is 28.9 Å². The summed E-state index contributed by atoms with van der Waals surface area (Å²) in [5.74, 6) is 1.82. The largest absolute Gasteiger partial charge is 0.497 e. The summed E-state index contributed by atoms with van der Waals surface area (Å²) >= 11 is 0. The monoisotopic (exact) mass is 468 g/mol. The number of ether oxygens (including phenoxy) is 2. The number of hydrogen-bond donors (Lipinski definition) is 1. The van der Waals surface area contributed by atoms with Gasteiger partial charge >= 0.3 is 0 Å². The molecule has 0 bridgehead atoms. The molecule has 1 N–H and O–H groups in total. The van der Waals surface area contributed by atoms with Crippen molar-refractivity contribution in [3.8, 4) is 5.75 Å². The Bertz CT molecular complexity index is 1140. The Labute approximate surface area is 200 Å². The summed E-state index contributed by atoms with van der Waals surface area (Å²) in [5.41, 5.74) is 1.47. The molecule has 1 atom stereocenters. The highest BCUT2D eigenvalue weighted by Gasteiger charge is 2.34. The number of nitrogens with one attached hydrogen (secondary N) is 1. The maximum Gasteiger partial charge on any atom is 0.252 e. The van der Waals surface area contributed by atoms with Gasteiger partial charge in [0.1, 0.15) is 5.75 Å². The van der Waals surface area contributed by atoms with Gasteiger partial charge in [-0.3, -0.25) is 9.69 Å². The predicted octanol–water partition coefficient (Wildman–Crippen LogP) is 3.70. The number of pyridine rings is 1. The third-order valence-electron chi connectivity index (χ3n) is 6.85. The van der Waals surface area contributed by atoms with E-state index in [1.54, 1.807) is 14.2 Å². The van der Waals surface area contributed by atoms with E-state index in [0.29, 0.717) is 25.7 Å². The molecular formula is C25H36N6O3. The van der Waals surface area contributed by atoms with Crippen LogP contribution >= 0.6 is 0 Å². The lowest BCUT2D eigenvalue weighted by Crippen LogP contribution is -2.43. The average Bonchev–Trinajstić information content (AvgIpc) is 3.30. The van der Waals surface area contributed by atoms with E-state index in [1.165, 1.54) is 19.3 Å². The minimum atomic E-state index is -0.0666. The topological polar surface area (TPSA) is 98.2 Å². The molecule has 1 aliphatic rings. The molecule has 4 rings (SSSR count). The van der Waals surface area contributed by atoms with Gasteiger partial charge in [-0.1, -0.05) is 33.1 Å². The lowest BCUT2D eigenvalue weighted by atomic mass is 9.90. The SMILES string of the molecule is COCCn1nnnc1[C@@H](C(C)C)N(Cc1cc2ccc(OC)cc2[nH]c1=O)C1CCCCC1. The molecule has 9 nitrogen and oxygen atoms in total. The first-order valence-corrected chi connectivity index (χ1v) is 12.2. The number of tetrazole rings is 1. The van der Waals surface area contributed by atoms with Crippen LogP contribution in [-0.2, 0) is 17.8 Å². The van der Waals surface area contributed by atoms with Crippen molar-refractivity contribution < 1.29 is 9.47 Å². The first kappa shape index (κ1) is 24.3. The molecule has 0 spiro atoms. The molecule has 3 aromatic rings. The first-order valence-electron chi connectivity index (χ1n) is 12.2. The van der Waals surface area contributed by atoms with Crippen molar-refractivity contribution in [2.45, 2.75) is 71.1 Å². The van der Waals surface area contributed by atoms with Crippen LogP contribution in [0.3, 0.4) is 0 Å². The number of aromatic nitrogens is 5. The molecule has 2 heterocycles. The van der Waals surface area contributed by atoms with Crippen molar-refractivity contribution >= 4 is 10.9 Å². The van der Waals surface area contributed by atoms with Crippen LogP contribution in [0.15, 0.2) is 29.1 Å². The summed E-state index contributed by atoms with van der Waals surface area (Å²) in [6.07, 6.45) is 5.90. The third-order valence-corrected chi connectivity index (χ3v) is 6.85. The zero-order valence-electron chi connectivity index (χ0n) is 20.7. The van der Waals surface area contributed by atoms with Gasteiger partial charge in [0.2, 0.25) is 0 Å². The van der Waals surface area contributed by atoms with Crippen LogP contribution in [0, 0.1) is 5.92 Å². The van der Waals surface area contributed by atoms with Crippen LogP contribution in [0.25, 0.3) is 10.9 Å². The summed E-state index contributed by atoms with van der Waals surface area (Å²) in [6.45, 7) is 6.08. The molecule has 1 saturated carbocycles. The normalized spacial score (nSPS) is 15.9. The Morgan fingerprint density at radius 3 is 2.68 bits per heavy atom. The van der Waals surface area contributed by atoms with Gasteiger partial charge in [-0.25, -0.2) is 4.68 Å². The minimum Gasteiger partial charge on any atom is -0.497 e. The van der Waals surface area contributed by atoms with Gasteiger partial charge in [0.15, 0.2) is 5.82 Å². The standard InChI is InChI=1S/C25H36N6O3/c1-17(2)23(24-27-28-29-31(24)12-13-33-3)30(20-8-6-5-7-9-20)16-19-14-18-10-11-21(34-4)15-22(18)26-25(19)32/h10-11,14-15,17,20,23H,5-9,12-13,16H2,1-4H3,(H,26,32)/t23-/m1/s1. The Kier molecular flexibility index (Phi) is 7.95. The molecule has 2 aromatic heterocycles. The number of benzene rings is 1. The van der Waals surface area contributed by atoms with Gasteiger partial charge in [-0.05, 0) is 52.8 Å². The number of aromatic amines is 1. The highest BCUT2D eigenvalue weighted by atomic mass is 16.5. The van der Waals surface area contributed by atoms with Crippen molar-refractivity contribution in [3.05, 3.63) is 46.0 Å². The van der Waals surface area contributed by atoms with Gasteiger partial charge in [0, 0.05) is 31.3 Å². The zero-order valence-corrected chi connectivity index (χ0v) is 20.7. The molecule has 184 valence electrons. The van der Waals surface area contributed by atoms with Crippen LogP contribution in [0.1, 0.15) is 63.4 Å². The summed E-state index contributed by atoms with van der Waals surface area (Å²) < 4.78 is 12.4. The molecule has 0 radical (unpaired) electrons. The van der Waals surface area contributed by atoms with Crippen LogP contribution in [-0.4, -0.2) is 57.0 Å². The second-order valence-corrected chi connectivity index (χ2v) is 9.48. The Balaban J connectivity index is 1.73. The molecule has 34 heavy (non-hydrogen) atoms. The summed E-state index contributed by atoms with van der Waals surface area (Å²) in [6, 6.07) is 8.14. The maximum absolute atomic E-state index is 13.2. The fourth-order valence-electron chi connectivity index (χ4n) is 5.12. The number of H-pyrrole nitrogens is 1. The lowest BCUT2D eigenvalue weighted by molar-refractivity contribution is 0.0597. The van der Waals surface area contributed by atoms with Crippen LogP contribution < -0.4 is 10.3 Å². The Morgan fingerprint density at radius 2 is 1.97 bits per heavy atom. The summed E-state index contributed by atoms with van der Waals surface area (Å²) in [7, 11) is 3.31. The maximum atomic E-state index is 13.2. The Morgan fingerprint density at radius 1 is 1.18 bits per heavy atom. The van der Waals surface area contributed by atoms with Crippen molar-refractivity contribution in [1.29, 1.82) is 0 Å². The minimum absolute atomic E-state index is 0.0130. The smallest absolute Gasteiger partial charge is 0.252 e. The molecule has 9 heteroatoms. The molecule has 0 unspecified atom stereocenters. The van der Waals surface area contributed by atoms with Crippen molar-refractivity contribution in [1.82, 2.24) is 30.1 Å². The van der Waals surface area contributed by atoms with E-state index in [9.17, 15) is 4.79 Å². The predicted molar refractivity (Wildman–Crippen MR) is 131 cm³/mol. The molecular weight excluding hydrogens is 432 g/mol. The molecule has 1 aliphatic carbocycles. The van der Waals surface area contributed by atoms with E-state index >= 15 is 0 Å². The molecule has 1 aromatic carbocycles. The van der Waals surface area contributed by atoms with Gasteiger partial charge in [0.25, 0.3) is 5.56 Å². The number of hydrogen-bond acceptors (Lipinski definition) is 7. The van der Waals surface area contributed by atoms with Crippen LogP contribution in [0.4, 0.5) is 0 Å². The number of rotatable bonds is 10. The molecule has 0 amide bonds. The van der Waals surface area contributed by atoms with E-state index in [2.05, 4.69) is 39.3 Å². The van der Waals surface area contributed by atoms with Crippen molar-refractivity contribution in [2.75, 3.05) is 20.8 Å². The number of methoxy groups -OCH3 is 2. The van der Waals surface area contributed by atoms with Crippen LogP contribution in [0.5, 0.6) is 5.75 Å². The fourth-order valence-corrected chi connectivity index (χ4v) is 5.12. The molecule has 0 saturated heterocycles. The number of fused-ring (bicyclic) bond motifs is 1. The Hall–Kier alpha value is -2.78. The van der Waals surface area contributed by atoms with Gasteiger partial charge in [-0.15, -0.1) is 5.10 Å². The van der Waals surface area contributed by atoms with E-state index in [4.69, 9.17) is 9.47 Å². The van der Waals surface area contributed by atoms with E-state index in [0.717, 1.165) is 40.9 Å². The second-order valence-electron chi connectivity index (χ2n) is 9.48. The van der Waals surface area contributed by atoms with Crippen LogP contribution in [0.2, 0.25) is 0 Å². The quantitative estimate of drug-likeness (QED) is 0.484. The highest BCUT2D eigenvalue weighted by molar-refractivity contribution is 5.80. The lowest BCUT2D eigenvalue weighted by Gasteiger charge is -2.41. The summed E-state index contributed by atoms with van der Waals surface area (Å²) in [4.78, 5) is 18.7. The average molecular weight is 469 g/mol. The highest BCUT2D eigenvalue weighted by Crippen LogP contribution is 2.35. The number of nitrogens with zero attached hydrogens (tertiary/aromatic N) is 5.